The lowest BCUT2D eigenvalue weighted by Gasteiger charge is -2.30. The van der Waals surface area contributed by atoms with Crippen LogP contribution < -0.4 is 10.6 Å². The molecule has 0 bridgehead atoms. The summed E-state index contributed by atoms with van der Waals surface area (Å²) >= 11 is 0. The molecular weight excluding hydrogens is 456 g/mol. The van der Waals surface area contributed by atoms with Crippen LogP contribution in [0.15, 0.2) is 67.0 Å². The Labute approximate surface area is 210 Å². The van der Waals surface area contributed by atoms with Gasteiger partial charge in [-0.1, -0.05) is 57.2 Å². The summed E-state index contributed by atoms with van der Waals surface area (Å²) in [5.41, 5.74) is 3.74. The molecule has 0 radical (unpaired) electrons. The zero-order valence-corrected chi connectivity index (χ0v) is 20.8. The van der Waals surface area contributed by atoms with E-state index in [2.05, 4.69) is 16.7 Å². The van der Waals surface area contributed by atoms with Gasteiger partial charge in [0.2, 0.25) is 11.8 Å². The van der Waals surface area contributed by atoms with Crippen molar-refractivity contribution in [1.29, 1.82) is 5.26 Å². The van der Waals surface area contributed by atoms with Gasteiger partial charge >= 0.3 is 5.97 Å². The first-order valence-corrected chi connectivity index (χ1v) is 11.6. The first-order valence-electron chi connectivity index (χ1n) is 11.6. The first kappa shape index (κ1) is 26.2. The molecule has 0 aliphatic heterocycles. The maximum Gasteiger partial charge on any atom is 0.327 e. The van der Waals surface area contributed by atoms with Gasteiger partial charge in [-0.2, -0.15) is 5.26 Å². The number of carbonyl (C=O) groups is 3. The summed E-state index contributed by atoms with van der Waals surface area (Å²) in [6.45, 7) is 5.48. The van der Waals surface area contributed by atoms with Crippen molar-refractivity contribution < 1.29 is 19.5 Å². The predicted octanol–water partition coefficient (Wildman–Crippen LogP) is 3.99. The van der Waals surface area contributed by atoms with Crippen molar-refractivity contribution in [2.24, 2.45) is 5.41 Å². The second-order valence-electron chi connectivity index (χ2n) is 9.65. The largest absolute Gasteiger partial charge is 0.480 e. The summed E-state index contributed by atoms with van der Waals surface area (Å²) in [6.07, 6.45) is 3.02. The third-order valence-electron chi connectivity index (χ3n) is 5.98. The summed E-state index contributed by atoms with van der Waals surface area (Å²) in [4.78, 5) is 36.9. The smallest absolute Gasteiger partial charge is 0.327 e. The number of aliphatic carboxylic acids is 1. The normalized spacial score (nSPS) is 12.8. The van der Waals surface area contributed by atoms with E-state index in [-0.39, 0.29) is 12.3 Å². The second-order valence-corrected chi connectivity index (χ2v) is 9.65. The topological polar surface area (TPSA) is 124 Å². The lowest BCUT2D eigenvalue weighted by Crippen LogP contribution is -2.53. The summed E-state index contributed by atoms with van der Waals surface area (Å²) in [5, 5.41) is 24.0. The van der Waals surface area contributed by atoms with Crippen molar-refractivity contribution in [3.8, 4) is 28.3 Å². The molecule has 8 nitrogen and oxygen atoms in total. The van der Waals surface area contributed by atoms with Crippen molar-refractivity contribution >= 4 is 17.8 Å². The van der Waals surface area contributed by atoms with Gasteiger partial charge in [-0.05, 0) is 45.9 Å². The fourth-order valence-corrected chi connectivity index (χ4v) is 3.91. The average molecular weight is 487 g/mol. The highest BCUT2D eigenvalue weighted by atomic mass is 16.4. The van der Waals surface area contributed by atoms with E-state index in [0.717, 1.165) is 22.3 Å². The highest BCUT2D eigenvalue weighted by Crippen LogP contribution is 2.27. The van der Waals surface area contributed by atoms with Crippen LogP contribution in [0.4, 0.5) is 0 Å². The second kappa shape index (κ2) is 10.9. The highest BCUT2D eigenvalue weighted by Gasteiger charge is 2.33. The van der Waals surface area contributed by atoms with Gasteiger partial charge in [0.15, 0.2) is 0 Å². The molecule has 3 N–H and O–H groups in total. The number of likely N-dealkylation sites (N-methyl/N-ethyl adjacent to an activating group) is 1. The van der Waals surface area contributed by atoms with Gasteiger partial charge in [0.05, 0.1) is 18.1 Å². The van der Waals surface area contributed by atoms with E-state index in [0.29, 0.717) is 5.56 Å². The Hall–Kier alpha value is -4.38. The summed E-state index contributed by atoms with van der Waals surface area (Å²) in [5.74, 6) is -2.00. The Bertz CT molecular complexity index is 1280. The van der Waals surface area contributed by atoms with E-state index in [4.69, 9.17) is 5.26 Å². The highest BCUT2D eigenvalue weighted by molar-refractivity contribution is 5.90. The van der Waals surface area contributed by atoms with Crippen LogP contribution in [0.2, 0.25) is 0 Å². The van der Waals surface area contributed by atoms with Crippen molar-refractivity contribution in [3.05, 3.63) is 72.6 Å². The molecule has 36 heavy (non-hydrogen) atoms. The number of carboxylic acid groups (broad SMARTS) is 1. The minimum Gasteiger partial charge on any atom is -0.480 e. The summed E-state index contributed by atoms with van der Waals surface area (Å²) < 4.78 is 1.50. The molecule has 186 valence electrons. The average Bonchev–Trinajstić information content (AvgIpc) is 3.34. The van der Waals surface area contributed by atoms with Crippen LogP contribution in [-0.4, -0.2) is 40.5 Å². The van der Waals surface area contributed by atoms with Gasteiger partial charge in [-0.25, -0.2) is 4.79 Å². The third kappa shape index (κ3) is 6.19. The molecule has 0 aliphatic rings. The third-order valence-corrected chi connectivity index (χ3v) is 5.98. The van der Waals surface area contributed by atoms with Crippen LogP contribution in [0, 0.1) is 16.7 Å². The molecule has 8 heteroatoms. The van der Waals surface area contributed by atoms with Crippen LogP contribution in [0.5, 0.6) is 0 Å². The molecule has 0 fully saturated rings. The Morgan fingerprint density at radius 3 is 1.94 bits per heavy atom. The van der Waals surface area contributed by atoms with Crippen LogP contribution in [0.25, 0.3) is 22.3 Å². The van der Waals surface area contributed by atoms with E-state index in [1.54, 1.807) is 30.6 Å². The number of hydrogen-bond donors (Lipinski definition) is 3. The van der Waals surface area contributed by atoms with Gasteiger partial charge in [-0.3, -0.25) is 9.59 Å². The monoisotopic (exact) mass is 486 g/mol. The number of carbonyl (C=O) groups excluding carboxylic acids is 2. The number of benzene rings is 2. The zero-order valence-electron chi connectivity index (χ0n) is 20.8. The van der Waals surface area contributed by atoms with E-state index < -0.39 is 29.4 Å². The summed E-state index contributed by atoms with van der Waals surface area (Å²) in [6, 6.07) is 17.1. The van der Waals surface area contributed by atoms with Crippen molar-refractivity contribution in [2.75, 3.05) is 7.05 Å². The van der Waals surface area contributed by atoms with E-state index in [9.17, 15) is 19.5 Å². The fourth-order valence-electron chi connectivity index (χ4n) is 3.91. The number of aromatic nitrogens is 1. The van der Waals surface area contributed by atoms with Gasteiger partial charge in [0.1, 0.15) is 12.1 Å². The molecule has 0 aliphatic carbocycles. The Balaban J connectivity index is 1.75. The molecule has 0 saturated heterocycles. The van der Waals surface area contributed by atoms with Crippen LogP contribution in [0.3, 0.4) is 0 Å². The van der Waals surface area contributed by atoms with Crippen LogP contribution in [-0.2, 0) is 14.4 Å². The molecule has 0 spiro atoms. The van der Waals surface area contributed by atoms with E-state index in [1.165, 1.54) is 11.6 Å². The predicted molar refractivity (Wildman–Crippen MR) is 137 cm³/mol. The SMILES string of the molecule is CNC(=O)C(NC(=O)CC(C(=O)O)n1ccc(-c2ccc(-c3ccc(C#N)cc3)cc2)c1)C(C)(C)C. The molecule has 2 atom stereocenters. The number of nitrogens with zero attached hydrogens (tertiary/aromatic N) is 2. The molecule has 0 saturated carbocycles. The molecule has 3 rings (SSSR count). The maximum absolute atomic E-state index is 12.7. The summed E-state index contributed by atoms with van der Waals surface area (Å²) in [7, 11) is 1.49. The fraction of sp³-hybridized carbons (Fsp3) is 0.286. The zero-order chi connectivity index (χ0) is 26.5. The standard InChI is InChI=1S/C28H30N4O4/c1-28(2,3)25(26(34)30-4)31-24(33)15-23(27(35)36)32-14-13-22(17-32)21-11-9-20(10-12-21)19-7-5-18(16-29)6-8-19/h5-14,17,23,25H,15H2,1-4H3,(H,30,34)(H,31,33)(H,35,36). The van der Waals surface area contributed by atoms with Crippen molar-refractivity contribution in [1.82, 2.24) is 15.2 Å². The molecule has 1 heterocycles. The molecule has 2 aromatic carbocycles. The minimum atomic E-state index is -1.14. The van der Waals surface area contributed by atoms with Gasteiger partial charge in [0.25, 0.3) is 0 Å². The lowest BCUT2D eigenvalue weighted by atomic mass is 9.86. The molecular formula is C28H30N4O4. The molecule has 3 aromatic rings. The number of hydrogen-bond acceptors (Lipinski definition) is 4. The van der Waals surface area contributed by atoms with E-state index >= 15 is 0 Å². The molecule has 1 aromatic heterocycles. The number of carboxylic acids is 1. The van der Waals surface area contributed by atoms with Gasteiger partial charge in [-0.15, -0.1) is 0 Å². The Kier molecular flexibility index (Phi) is 7.95. The van der Waals surface area contributed by atoms with Gasteiger partial charge < -0.3 is 20.3 Å². The lowest BCUT2D eigenvalue weighted by molar-refractivity contribution is -0.143. The quantitative estimate of drug-likeness (QED) is 0.444. The molecule has 2 unspecified atom stereocenters. The Morgan fingerprint density at radius 1 is 0.944 bits per heavy atom. The maximum atomic E-state index is 12.7. The number of rotatable bonds is 8. The van der Waals surface area contributed by atoms with Crippen molar-refractivity contribution in [2.45, 2.75) is 39.3 Å². The van der Waals surface area contributed by atoms with Crippen LogP contribution >= 0.6 is 0 Å². The molecule has 2 amide bonds. The van der Waals surface area contributed by atoms with Gasteiger partial charge in [0, 0.05) is 19.4 Å². The Morgan fingerprint density at radius 2 is 1.47 bits per heavy atom. The number of amides is 2. The number of nitriles is 1. The minimum absolute atomic E-state index is 0.315. The first-order chi connectivity index (χ1) is 17.0. The van der Waals surface area contributed by atoms with E-state index in [1.807, 2.05) is 57.2 Å². The van der Waals surface area contributed by atoms with Crippen LogP contribution in [0.1, 0.15) is 38.8 Å². The van der Waals surface area contributed by atoms with Crippen molar-refractivity contribution in [3.63, 3.8) is 0 Å². The number of nitrogens with one attached hydrogen (secondary N) is 2.